The van der Waals surface area contributed by atoms with E-state index >= 15 is 0 Å². The molecule has 0 radical (unpaired) electrons. The van der Waals surface area contributed by atoms with E-state index in [2.05, 4.69) is 21.2 Å². The van der Waals surface area contributed by atoms with Gasteiger partial charge in [-0.3, -0.25) is 0 Å². The molecule has 0 atom stereocenters. The van der Waals surface area contributed by atoms with Gasteiger partial charge in [0, 0.05) is 24.3 Å². The number of anilines is 1. The summed E-state index contributed by atoms with van der Waals surface area (Å²) in [5.74, 6) is 0. The molecular weight excluding hydrogens is 232 g/mol. The lowest BCUT2D eigenvalue weighted by molar-refractivity contribution is 0.230. The molecule has 70 valence electrons. The Hall–Kier alpha value is -1.03. The summed E-state index contributed by atoms with van der Waals surface area (Å²) in [6, 6.07) is -1.52. The lowest BCUT2D eigenvalue weighted by atomic mass is 10.3. The van der Waals surface area contributed by atoms with Crippen LogP contribution >= 0.6 is 15.9 Å². The first-order chi connectivity index (χ1) is 7.77. The maximum absolute atomic E-state index is 11.4. The Balaban J connectivity index is 3.30. The third kappa shape index (κ3) is 3.06. The van der Waals surface area contributed by atoms with Crippen LogP contribution < -0.4 is 5.32 Å². The Morgan fingerprint density at radius 3 is 2.46 bits per heavy atom. The molecule has 0 aliphatic rings. The molecule has 0 saturated heterocycles. The molecule has 1 N–H and O–H groups in total. The Bertz CT molecular complexity index is 450. The average molecular weight is 247 g/mol. The Kier molecular flexibility index (Phi) is 1.86. The van der Waals surface area contributed by atoms with Gasteiger partial charge in [-0.15, -0.1) is 0 Å². The summed E-state index contributed by atoms with van der Waals surface area (Å²) >= 11 is 2.97. The number of hydrogen-bond donors (Lipinski definition) is 1. The van der Waals surface area contributed by atoms with Crippen molar-refractivity contribution in [2.45, 2.75) is 0 Å². The van der Waals surface area contributed by atoms with E-state index in [1.165, 1.54) is 19.0 Å². The van der Waals surface area contributed by atoms with E-state index in [9.17, 15) is 4.79 Å². The molecule has 4 heteroatoms. The second-order valence-corrected chi connectivity index (χ2v) is 3.31. The molecule has 0 spiro atoms. The Morgan fingerprint density at radius 1 is 1.46 bits per heavy atom. The standard InChI is InChI=1S/C9H11BrN2O/c1-12(2)9(13)11-8-5-3-7(10)4-6-8/h3-6H,1-2H3,(H,11,13)/i3D,4D,5D,6D. The minimum atomic E-state index is -0.506. The smallest absolute Gasteiger partial charge is 0.321 e. The van der Waals surface area contributed by atoms with Gasteiger partial charge in [-0.1, -0.05) is 15.9 Å². The summed E-state index contributed by atoms with van der Waals surface area (Å²) in [4.78, 5) is 12.7. The minimum absolute atomic E-state index is 0.0790. The number of urea groups is 1. The fraction of sp³-hybridized carbons (Fsp3) is 0.222. The van der Waals surface area contributed by atoms with Gasteiger partial charge in [0.2, 0.25) is 0 Å². The number of hydrogen-bond acceptors (Lipinski definition) is 1. The highest BCUT2D eigenvalue weighted by molar-refractivity contribution is 9.10. The fourth-order valence-electron chi connectivity index (χ4n) is 0.578. The van der Waals surface area contributed by atoms with Crippen molar-refractivity contribution < 1.29 is 10.3 Å². The second kappa shape index (κ2) is 4.28. The highest BCUT2D eigenvalue weighted by Crippen LogP contribution is 2.14. The van der Waals surface area contributed by atoms with E-state index in [1.54, 1.807) is 0 Å². The number of benzene rings is 1. The summed E-state index contributed by atoms with van der Waals surface area (Å²) in [7, 11) is 3.04. The predicted octanol–water partition coefficient (Wildman–Crippen LogP) is 2.54. The van der Waals surface area contributed by atoms with Gasteiger partial charge in [-0.2, -0.15) is 0 Å². The Morgan fingerprint density at radius 2 is 2.00 bits per heavy atom. The molecule has 0 saturated carbocycles. The van der Waals surface area contributed by atoms with Crippen molar-refractivity contribution in [2.24, 2.45) is 0 Å². The molecule has 0 aromatic heterocycles. The van der Waals surface area contributed by atoms with E-state index in [4.69, 9.17) is 5.48 Å². The summed E-state index contributed by atoms with van der Waals surface area (Å²) in [6.07, 6.45) is 0. The van der Waals surface area contributed by atoms with Crippen LogP contribution in [0.15, 0.2) is 28.6 Å². The molecule has 0 heterocycles. The van der Waals surface area contributed by atoms with E-state index < -0.39 is 6.03 Å². The monoisotopic (exact) mass is 246 g/mol. The highest BCUT2D eigenvalue weighted by Gasteiger charge is 2.02. The number of rotatable bonds is 1. The van der Waals surface area contributed by atoms with Crippen LogP contribution in [0, 0.1) is 0 Å². The fourth-order valence-corrected chi connectivity index (χ4v) is 0.777. The minimum Gasteiger partial charge on any atom is -0.331 e. The molecule has 0 unspecified atom stereocenters. The zero-order chi connectivity index (χ0) is 13.3. The average Bonchev–Trinajstić information content (AvgIpc) is 2.29. The van der Waals surface area contributed by atoms with Gasteiger partial charge in [0.15, 0.2) is 0 Å². The number of carbonyl (C=O) groups is 1. The molecule has 2 amide bonds. The van der Waals surface area contributed by atoms with Crippen molar-refractivity contribution in [3.8, 4) is 0 Å². The number of nitrogens with one attached hydrogen (secondary N) is 1. The van der Waals surface area contributed by atoms with Gasteiger partial charge in [0.25, 0.3) is 0 Å². The molecule has 13 heavy (non-hydrogen) atoms. The molecular formula is C9H11BrN2O. The number of carbonyl (C=O) groups excluding carboxylic acids is 1. The van der Waals surface area contributed by atoms with Gasteiger partial charge in [0.1, 0.15) is 0 Å². The van der Waals surface area contributed by atoms with Crippen LogP contribution in [-0.4, -0.2) is 25.0 Å². The molecule has 1 aromatic carbocycles. The van der Waals surface area contributed by atoms with Crippen molar-refractivity contribution in [1.82, 2.24) is 4.90 Å². The van der Waals surface area contributed by atoms with Gasteiger partial charge in [-0.05, 0) is 24.2 Å². The molecule has 0 aliphatic carbocycles. The van der Waals surface area contributed by atoms with E-state index in [1.807, 2.05) is 0 Å². The predicted molar refractivity (Wildman–Crippen MR) is 56.8 cm³/mol. The molecule has 0 bridgehead atoms. The molecule has 0 fully saturated rings. The SMILES string of the molecule is [2H]c1c([2H])c(NC(=O)N(C)C)c([2H])c([2H])c1Br. The maximum atomic E-state index is 11.4. The van der Waals surface area contributed by atoms with E-state index in [0.717, 1.165) is 0 Å². The first kappa shape index (κ1) is 5.65. The van der Waals surface area contributed by atoms with Crippen molar-refractivity contribution in [3.05, 3.63) is 28.6 Å². The first-order valence-corrected chi connectivity index (χ1v) is 4.30. The molecule has 1 rings (SSSR count). The maximum Gasteiger partial charge on any atom is 0.321 e. The third-order valence-corrected chi connectivity index (χ3v) is 1.63. The largest absolute Gasteiger partial charge is 0.331 e. The van der Waals surface area contributed by atoms with E-state index in [0.29, 0.717) is 0 Å². The lowest BCUT2D eigenvalue weighted by Crippen LogP contribution is -2.27. The summed E-state index contributed by atoms with van der Waals surface area (Å²) in [5.41, 5.74) is -0.123. The van der Waals surface area contributed by atoms with Gasteiger partial charge in [-0.25, -0.2) is 4.79 Å². The molecule has 1 aromatic rings. The topological polar surface area (TPSA) is 32.3 Å². The lowest BCUT2D eigenvalue weighted by Gasteiger charge is -2.11. The summed E-state index contributed by atoms with van der Waals surface area (Å²) in [6.45, 7) is 0. The van der Waals surface area contributed by atoms with Crippen molar-refractivity contribution >= 4 is 27.6 Å². The second-order valence-electron chi connectivity index (χ2n) is 2.51. The van der Waals surface area contributed by atoms with Crippen LogP contribution in [0.4, 0.5) is 10.5 Å². The Labute approximate surface area is 91.5 Å². The van der Waals surface area contributed by atoms with E-state index in [-0.39, 0.29) is 34.3 Å². The third-order valence-electron chi connectivity index (χ3n) is 1.23. The number of nitrogens with zero attached hydrogens (tertiary/aromatic N) is 1. The molecule has 3 nitrogen and oxygen atoms in total. The summed E-state index contributed by atoms with van der Waals surface area (Å²) < 4.78 is 30.5. The van der Waals surface area contributed by atoms with Crippen LogP contribution in [0.25, 0.3) is 0 Å². The first-order valence-electron chi connectivity index (χ1n) is 5.51. The van der Waals surface area contributed by atoms with Crippen molar-refractivity contribution in [1.29, 1.82) is 0 Å². The van der Waals surface area contributed by atoms with Crippen LogP contribution in [0.2, 0.25) is 0 Å². The highest BCUT2D eigenvalue weighted by atomic mass is 79.9. The number of amides is 2. The molecule has 0 aliphatic heterocycles. The van der Waals surface area contributed by atoms with Crippen molar-refractivity contribution in [3.63, 3.8) is 0 Å². The quantitative estimate of drug-likeness (QED) is 0.812. The zero-order valence-corrected chi connectivity index (χ0v) is 8.82. The summed E-state index contributed by atoms with van der Waals surface area (Å²) in [5, 5.41) is 2.34. The van der Waals surface area contributed by atoms with Crippen LogP contribution in [-0.2, 0) is 0 Å². The van der Waals surface area contributed by atoms with Gasteiger partial charge in [0.05, 0.1) is 5.48 Å². The van der Waals surface area contributed by atoms with Gasteiger partial charge >= 0.3 is 6.03 Å². The van der Waals surface area contributed by atoms with Crippen LogP contribution in [0.3, 0.4) is 0 Å². The zero-order valence-electron chi connectivity index (χ0n) is 11.2. The van der Waals surface area contributed by atoms with Crippen molar-refractivity contribution in [2.75, 3.05) is 19.4 Å². The van der Waals surface area contributed by atoms with Gasteiger partial charge < -0.3 is 10.2 Å². The number of halogens is 1. The normalized spacial score (nSPS) is 13.8. The van der Waals surface area contributed by atoms with Crippen LogP contribution in [0.1, 0.15) is 5.48 Å². The van der Waals surface area contributed by atoms with Crippen LogP contribution in [0.5, 0.6) is 0 Å².